The van der Waals surface area contributed by atoms with Gasteiger partial charge in [0.1, 0.15) is 0 Å². The summed E-state index contributed by atoms with van der Waals surface area (Å²) in [4.78, 5) is 2.54. The Morgan fingerprint density at radius 2 is 0.918 bits per heavy atom. The van der Waals surface area contributed by atoms with Gasteiger partial charge in [-0.05, 0) is 119 Å². The summed E-state index contributed by atoms with van der Waals surface area (Å²) in [6.07, 6.45) is 0. The molecule has 0 N–H and O–H groups in total. The molecule has 0 aromatic heterocycles. The average Bonchev–Trinajstić information content (AvgIpc) is 3.75. The zero-order valence-electron chi connectivity index (χ0n) is 34.3. The van der Waals surface area contributed by atoms with E-state index in [1.54, 1.807) is 0 Å². The van der Waals surface area contributed by atoms with E-state index in [0.717, 1.165) is 11.4 Å². The van der Waals surface area contributed by atoms with Gasteiger partial charge in [-0.25, -0.2) is 0 Å². The first-order chi connectivity index (χ1) is 30.0. The predicted molar refractivity (Wildman–Crippen MR) is 256 cm³/mol. The Kier molecular flexibility index (Phi) is 7.86. The van der Waals surface area contributed by atoms with Crippen molar-refractivity contribution in [2.75, 3.05) is 4.90 Å². The molecular weight excluding hydrogens is 735 g/mol. The molecule has 0 fully saturated rings. The molecule has 0 atom stereocenters. The SMILES string of the molecule is CC1(C)c2ccccc2-c2c(N(c3ccc(-c4ccc5ccccc5c4)cc3)c3ccc4c(c3)C(c3ccccc3)(c3ccccc3)c3ccccc3-4)cc3ccccc3c21. The molecule has 0 saturated carbocycles. The number of benzene rings is 10. The van der Waals surface area contributed by atoms with E-state index < -0.39 is 5.41 Å². The summed E-state index contributed by atoms with van der Waals surface area (Å²) >= 11 is 0. The molecule has 0 bridgehead atoms. The average molecular weight is 778 g/mol. The summed E-state index contributed by atoms with van der Waals surface area (Å²) in [5, 5.41) is 5.05. The molecule has 10 aromatic rings. The van der Waals surface area contributed by atoms with Crippen LogP contribution < -0.4 is 4.90 Å². The van der Waals surface area contributed by atoms with Gasteiger partial charge in [-0.2, -0.15) is 0 Å². The van der Waals surface area contributed by atoms with E-state index in [-0.39, 0.29) is 5.41 Å². The Balaban J connectivity index is 1.15. The monoisotopic (exact) mass is 777 g/mol. The first kappa shape index (κ1) is 35.5. The van der Waals surface area contributed by atoms with Gasteiger partial charge >= 0.3 is 0 Å². The molecule has 288 valence electrons. The molecule has 0 radical (unpaired) electrons. The highest BCUT2D eigenvalue weighted by molar-refractivity contribution is 6.06. The maximum absolute atomic E-state index is 2.54. The highest BCUT2D eigenvalue weighted by atomic mass is 15.1. The molecular formula is C60H43N. The van der Waals surface area contributed by atoms with Crippen molar-refractivity contribution in [1.29, 1.82) is 0 Å². The number of rotatable bonds is 6. The Hall–Kier alpha value is -7.48. The van der Waals surface area contributed by atoms with Gasteiger partial charge in [0, 0.05) is 22.4 Å². The third-order valence-electron chi connectivity index (χ3n) is 13.7. The summed E-state index contributed by atoms with van der Waals surface area (Å²) < 4.78 is 0. The Morgan fingerprint density at radius 1 is 0.361 bits per heavy atom. The Labute approximate surface area is 357 Å². The molecule has 61 heavy (non-hydrogen) atoms. The lowest BCUT2D eigenvalue weighted by Crippen LogP contribution is -2.28. The number of hydrogen-bond acceptors (Lipinski definition) is 1. The molecule has 0 aliphatic heterocycles. The highest BCUT2D eigenvalue weighted by Crippen LogP contribution is 2.60. The summed E-state index contributed by atoms with van der Waals surface area (Å²) in [7, 11) is 0. The fraction of sp³-hybridized carbons (Fsp3) is 0.0667. The smallest absolute Gasteiger partial charge is 0.0714 e. The van der Waals surface area contributed by atoms with Crippen LogP contribution in [0, 0.1) is 0 Å². The van der Waals surface area contributed by atoms with Gasteiger partial charge in [0.2, 0.25) is 0 Å². The van der Waals surface area contributed by atoms with Crippen molar-refractivity contribution in [2.24, 2.45) is 0 Å². The number of anilines is 3. The largest absolute Gasteiger partial charge is 0.310 e. The third-order valence-corrected chi connectivity index (χ3v) is 13.7. The lowest BCUT2D eigenvalue weighted by atomic mass is 9.67. The van der Waals surface area contributed by atoms with Crippen LogP contribution in [0.15, 0.2) is 224 Å². The second kappa shape index (κ2) is 13.5. The van der Waals surface area contributed by atoms with E-state index >= 15 is 0 Å². The van der Waals surface area contributed by atoms with E-state index in [2.05, 4.69) is 243 Å². The number of hydrogen-bond donors (Lipinski definition) is 0. The van der Waals surface area contributed by atoms with E-state index in [0.29, 0.717) is 0 Å². The van der Waals surface area contributed by atoms with Crippen molar-refractivity contribution in [1.82, 2.24) is 0 Å². The van der Waals surface area contributed by atoms with Crippen LogP contribution in [0.4, 0.5) is 17.1 Å². The molecule has 0 spiro atoms. The second-order valence-corrected chi connectivity index (χ2v) is 17.2. The van der Waals surface area contributed by atoms with E-state index in [4.69, 9.17) is 0 Å². The van der Waals surface area contributed by atoms with Crippen LogP contribution in [0.5, 0.6) is 0 Å². The third kappa shape index (κ3) is 5.20. The van der Waals surface area contributed by atoms with Crippen LogP contribution in [0.3, 0.4) is 0 Å². The fourth-order valence-corrected chi connectivity index (χ4v) is 11.0. The number of nitrogens with zero attached hydrogens (tertiary/aromatic N) is 1. The minimum atomic E-state index is -0.518. The van der Waals surface area contributed by atoms with E-state index in [1.807, 2.05) is 0 Å². The quantitative estimate of drug-likeness (QED) is 0.163. The zero-order valence-corrected chi connectivity index (χ0v) is 34.3. The van der Waals surface area contributed by atoms with Gasteiger partial charge in [-0.3, -0.25) is 0 Å². The van der Waals surface area contributed by atoms with Crippen molar-refractivity contribution >= 4 is 38.6 Å². The summed E-state index contributed by atoms with van der Waals surface area (Å²) in [6, 6.07) is 83.6. The molecule has 1 heteroatoms. The minimum Gasteiger partial charge on any atom is -0.310 e. The van der Waals surface area contributed by atoms with E-state index in [1.165, 1.54) is 94.0 Å². The van der Waals surface area contributed by atoms with Crippen molar-refractivity contribution in [2.45, 2.75) is 24.7 Å². The second-order valence-electron chi connectivity index (χ2n) is 17.2. The molecule has 0 amide bonds. The molecule has 1 nitrogen and oxygen atoms in total. The van der Waals surface area contributed by atoms with Crippen LogP contribution in [-0.2, 0) is 10.8 Å². The molecule has 2 aliphatic rings. The highest BCUT2D eigenvalue weighted by Gasteiger charge is 2.46. The molecule has 0 saturated heterocycles. The van der Waals surface area contributed by atoms with Gasteiger partial charge in [-0.1, -0.05) is 202 Å². The standard InChI is InChI=1S/C60H43N/c1-59(2)53-27-15-14-26-52(53)57-56(38-44-19-11-12-24-49(44)58(57)59)61(47-33-31-41(32-34-47)43-30-29-40-17-9-10-18-42(40)37-43)48-35-36-51-50-25-13-16-28-54(50)60(55(51)39-48,45-20-5-3-6-21-45)46-22-7-4-8-23-46/h3-39H,1-2H3. The van der Waals surface area contributed by atoms with Gasteiger partial charge < -0.3 is 4.90 Å². The Morgan fingerprint density at radius 3 is 1.66 bits per heavy atom. The first-order valence-electron chi connectivity index (χ1n) is 21.4. The van der Waals surface area contributed by atoms with Crippen LogP contribution in [0.25, 0.3) is 54.9 Å². The van der Waals surface area contributed by atoms with Crippen molar-refractivity contribution < 1.29 is 0 Å². The van der Waals surface area contributed by atoms with Crippen LogP contribution in [-0.4, -0.2) is 0 Å². The zero-order chi connectivity index (χ0) is 40.7. The predicted octanol–water partition coefficient (Wildman–Crippen LogP) is 15.8. The lowest BCUT2D eigenvalue weighted by Gasteiger charge is -2.35. The molecule has 10 aromatic carbocycles. The molecule has 0 unspecified atom stereocenters. The van der Waals surface area contributed by atoms with Crippen molar-refractivity contribution in [3.05, 3.63) is 258 Å². The summed E-state index contributed by atoms with van der Waals surface area (Å²) in [5.74, 6) is 0. The molecule has 0 heterocycles. The van der Waals surface area contributed by atoms with Crippen LogP contribution in [0.2, 0.25) is 0 Å². The van der Waals surface area contributed by atoms with Crippen molar-refractivity contribution in [3.8, 4) is 33.4 Å². The van der Waals surface area contributed by atoms with Gasteiger partial charge in [0.25, 0.3) is 0 Å². The lowest BCUT2D eigenvalue weighted by molar-refractivity contribution is 0.666. The van der Waals surface area contributed by atoms with Gasteiger partial charge in [0.15, 0.2) is 0 Å². The molecule has 12 rings (SSSR count). The first-order valence-corrected chi connectivity index (χ1v) is 21.4. The van der Waals surface area contributed by atoms with Gasteiger partial charge in [0.05, 0.1) is 11.1 Å². The van der Waals surface area contributed by atoms with Crippen LogP contribution >= 0.6 is 0 Å². The normalized spacial score (nSPS) is 14.0. The van der Waals surface area contributed by atoms with Crippen LogP contribution in [0.1, 0.15) is 47.2 Å². The maximum atomic E-state index is 2.54. The topological polar surface area (TPSA) is 3.24 Å². The summed E-state index contributed by atoms with van der Waals surface area (Å²) in [5.41, 5.74) is 18.2. The number of fused-ring (bicyclic) bond motifs is 9. The van der Waals surface area contributed by atoms with Crippen molar-refractivity contribution in [3.63, 3.8) is 0 Å². The van der Waals surface area contributed by atoms with Gasteiger partial charge in [-0.15, -0.1) is 0 Å². The summed E-state index contributed by atoms with van der Waals surface area (Å²) in [6.45, 7) is 4.80. The molecule has 2 aliphatic carbocycles. The Bertz CT molecular complexity index is 3280. The van der Waals surface area contributed by atoms with E-state index in [9.17, 15) is 0 Å². The fourth-order valence-electron chi connectivity index (χ4n) is 11.0. The maximum Gasteiger partial charge on any atom is 0.0714 e. The minimum absolute atomic E-state index is 0.192.